The van der Waals surface area contributed by atoms with E-state index in [0.717, 1.165) is 5.56 Å². The number of halogens is 3. The number of hydrogen-bond acceptors (Lipinski definition) is 3. The van der Waals surface area contributed by atoms with Gasteiger partial charge in [-0.15, -0.1) is 0 Å². The van der Waals surface area contributed by atoms with Crippen LogP contribution in [0.15, 0.2) is 18.2 Å². The van der Waals surface area contributed by atoms with E-state index in [-0.39, 0.29) is 6.54 Å². The SMILES string of the molecule is COc1ccc(CN(C)CCC(F)(F)F)cc1C#N. The maximum atomic E-state index is 12.1. The molecule has 0 radical (unpaired) electrons. The molecule has 104 valence electrons. The number of ether oxygens (including phenoxy) is 1. The highest BCUT2D eigenvalue weighted by molar-refractivity contribution is 5.45. The maximum absolute atomic E-state index is 12.1. The topological polar surface area (TPSA) is 36.3 Å². The Hall–Kier alpha value is -1.74. The second-order valence-electron chi connectivity index (χ2n) is 4.25. The van der Waals surface area contributed by atoms with Crippen molar-refractivity contribution in [3.8, 4) is 11.8 Å². The van der Waals surface area contributed by atoms with E-state index in [0.29, 0.717) is 17.9 Å². The number of hydrogen-bond donors (Lipinski definition) is 0. The Kier molecular flexibility index (Phi) is 5.19. The molecule has 0 aliphatic heterocycles. The van der Waals surface area contributed by atoms with Gasteiger partial charge in [0.1, 0.15) is 11.8 Å². The molecule has 0 unspecified atom stereocenters. The summed E-state index contributed by atoms with van der Waals surface area (Å²) < 4.78 is 41.3. The van der Waals surface area contributed by atoms with Gasteiger partial charge in [-0.1, -0.05) is 6.07 Å². The van der Waals surface area contributed by atoms with Gasteiger partial charge in [-0.3, -0.25) is 0 Å². The first-order valence-electron chi connectivity index (χ1n) is 5.68. The van der Waals surface area contributed by atoms with Gasteiger partial charge in [0.25, 0.3) is 0 Å². The molecular formula is C13H15F3N2O. The molecule has 1 rings (SSSR count). The minimum atomic E-state index is -4.15. The van der Waals surface area contributed by atoms with Gasteiger partial charge in [-0.05, 0) is 24.7 Å². The molecule has 0 fully saturated rings. The van der Waals surface area contributed by atoms with Crippen LogP contribution < -0.4 is 4.74 Å². The molecule has 6 heteroatoms. The number of nitriles is 1. The number of methoxy groups -OCH3 is 1. The summed E-state index contributed by atoms with van der Waals surface area (Å²) in [6, 6.07) is 7.00. The van der Waals surface area contributed by atoms with Gasteiger partial charge < -0.3 is 9.64 Å². The average molecular weight is 272 g/mol. The molecule has 0 atom stereocenters. The van der Waals surface area contributed by atoms with Crippen LogP contribution in [0.25, 0.3) is 0 Å². The Morgan fingerprint density at radius 2 is 2.05 bits per heavy atom. The van der Waals surface area contributed by atoms with E-state index in [1.165, 1.54) is 7.11 Å². The summed E-state index contributed by atoms with van der Waals surface area (Å²) in [5.74, 6) is 0.462. The van der Waals surface area contributed by atoms with Crippen molar-refractivity contribution in [3.63, 3.8) is 0 Å². The highest BCUT2D eigenvalue weighted by Gasteiger charge is 2.27. The number of nitrogens with zero attached hydrogens (tertiary/aromatic N) is 2. The molecule has 0 saturated heterocycles. The standard InChI is InChI=1S/C13H15F3N2O/c1-18(6-5-13(14,15)16)9-10-3-4-12(19-2)11(7-10)8-17/h3-4,7H,5-6,9H2,1-2H3. The van der Waals surface area contributed by atoms with Crippen LogP contribution in [0.1, 0.15) is 17.5 Å². The summed E-state index contributed by atoms with van der Waals surface area (Å²) in [6.07, 6.45) is -4.99. The molecule has 0 heterocycles. The summed E-state index contributed by atoms with van der Waals surface area (Å²) in [4.78, 5) is 1.57. The first kappa shape index (κ1) is 15.3. The van der Waals surface area contributed by atoms with E-state index in [4.69, 9.17) is 10.00 Å². The van der Waals surface area contributed by atoms with Crippen LogP contribution in [-0.2, 0) is 6.54 Å². The Morgan fingerprint density at radius 3 is 2.58 bits per heavy atom. The van der Waals surface area contributed by atoms with Crippen molar-refractivity contribution in [2.45, 2.75) is 19.1 Å². The third kappa shape index (κ3) is 5.18. The highest BCUT2D eigenvalue weighted by Crippen LogP contribution is 2.21. The van der Waals surface area contributed by atoms with Crippen LogP contribution in [-0.4, -0.2) is 31.8 Å². The lowest BCUT2D eigenvalue weighted by molar-refractivity contribution is -0.137. The van der Waals surface area contributed by atoms with E-state index in [9.17, 15) is 13.2 Å². The zero-order valence-electron chi connectivity index (χ0n) is 10.8. The predicted molar refractivity (Wildman–Crippen MR) is 64.7 cm³/mol. The summed E-state index contributed by atoms with van der Waals surface area (Å²) in [5, 5.41) is 8.93. The van der Waals surface area contributed by atoms with Crippen molar-refractivity contribution < 1.29 is 17.9 Å². The normalized spacial score (nSPS) is 11.4. The molecule has 1 aromatic carbocycles. The van der Waals surface area contributed by atoms with Crippen molar-refractivity contribution in [1.29, 1.82) is 5.26 Å². The average Bonchev–Trinajstić information content (AvgIpc) is 2.35. The first-order chi connectivity index (χ1) is 8.85. The number of rotatable bonds is 5. The molecule has 0 aliphatic rings. The molecule has 0 aromatic heterocycles. The minimum Gasteiger partial charge on any atom is -0.495 e. The summed E-state index contributed by atoms with van der Waals surface area (Å²) in [5.41, 5.74) is 1.16. The summed E-state index contributed by atoms with van der Waals surface area (Å²) >= 11 is 0. The first-order valence-corrected chi connectivity index (χ1v) is 5.68. The Bertz CT molecular complexity index is 466. The van der Waals surface area contributed by atoms with Crippen molar-refractivity contribution >= 4 is 0 Å². The van der Waals surface area contributed by atoms with Gasteiger partial charge in [-0.2, -0.15) is 18.4 Å². The Labute approximate surface area is 110 Å². The molecule has 19 heavy (non-hydrogen) atoms. The Morgan fingerprint density at radius 1 is 1.37 bits per heavy atom. The number of benzene rings is 1. The number of alkyl halides is 3. The smallest absolute Gasteiger partial charge is 0.390 e. The second kappa shape index (κ2) is 6.43. The van der Waals surface area contributed by atoms with Crippen molar-refractivity contribution in [1.82, 2.24) is 4.90 Å². The second-order valence-corrected chi connectivity index (χ2v) is 4.25. The van der Waals surface area contributed by atoms with Crippen molar-refractivity contribution in [2.75, 3.05) is 20.7 Å². The molecule has 0 N–H and O–H groups in total. The zero-order valence-corrected chi connectivity index (χ0v) is 10.8. The molecule has 1 aromatic rings. The van der Waals surface area contributed by atoms with E-state index in [2.05, 4.69) is 0 Å². The van der Waals surface area contributed by atoms with Gasteiger partial charge in [-0.25, -0.2) is 0 Å². The van der Waals surface area contributed by atoms with Crippen LogP contribution >= 0.6 is 0 Å². The highest BCUT2D eigenvalue weighted by atomic mass is 19.4. The molecule has 0 spiro atoms. The van der Waals surface area contributed by atoms with E-state index in [1.54, 1.807) is 30.1 Å². The minimum absolute atomic E-state index is 0.0720. The maximum Gasteiger partial charge on any atom is 0.390 e. The van der Waals surface area contributed by atoms with Crippen LogP contribution in [0.5, 0.6) is 5.75 Å². The summed E-state index contributed by atoms with van der Waals surface area (Å²) in [6.45, 7) is 0.284. The van der Waals surface area contributed by atoms with Crippen molar-refractivity contribution in [3.05, 3.63) is 29.3 Å². The molecule has 3 nitrogen and oxygen atoms in total. The monoisotopic (exact) mass is 272 g/mol. The van der Waals surface area contributed by atoms with Crippen LogP contribution in [0.4, 0.5) is 13.2 Å². The largest absolute Gasteiger partial charge is 0.495 e. The summed E-state index contributed by atoms with van der Waals surface area (Å²) in [7, 11) is 3.08. The lowest BCUT2D eigenvalue weighted by Gasteiger charge is -2.18. The fraction of sp³-hybridized carbons (Fsp3) is 0.462. The molecule has 0 saturated carbocycles. The predicted octanol–water partition coefficient (Wildman–Crippen LogP) is 2.95. The van der Waals surface area contributed by atoms with Gasteiger partial charge in [0.05, 0.1) is 19.1 Å². The zero-order chi connectivity index (χ0) is 14.5. The van der Waals surface area contributed by atoms with E-state index in [1.807, 2.05) is 6.07 Å². The third-order valence-corrected chi connectivity index (χ3v) is 2.61. The van der Waals surface area contributed by atoms with Crippen LogP contribution in [0.3, 0.4) is 0 Å². The third-order valence-electron chi connectivity index (χ3n) is 2.61. The molecule has 0 amide bonds. The molecular weight excluding hydrogens is 257 g/mol. The van der Waals surface area contributed by atoms with Gasteiger partial charge in [0.15, 0.2) is 0 Å². The fourth-order valence-corrected chi connectivity index (χ4v) is 1.65. The van der Waals surface area contributed by atoms with Gasteiger partial charge in [0, 0.05) is 13.1 Å². The van der Waals surface area contributed by atoms with E-state index < -0.39 is 12.6 Å². The fourth-order valence-electron chi connectivity index (χ4n) is 1.65. The van der Waals surface area contributed by atoms with E-state index >= 15 is 0 Å². The van der Waals surface area contributed by atoms with Gasteiger partial charge in [0.2, 0.25) is 0 Å². The van der Waals surface area contributed by atoms with Gasteiger partial charge >= 0.3 is 6.18 Å². The van der Waals surface area contributed by atoms with Crippen LogP contribution in [0, 0.1) is 11.3 Å². The quantitative estimate of drug-likeness (QED) is 0.826. The van der Waals surface area contributed by atoms with Crippen molar-refractivity contribution in [2.24, 2.45) is 0 Å². The molecule has 0 bridgehead atoms. The lowest BCUT2D eigenvalue weighted by Crippen LogP contribution is -2.24. The Balaban J connectivity index is 2.65. The van der Waals surface area contributed by atoms with Crippen LogP contribution in [0.2, 0.25) is 0 Å². The lowest BCUT2D eigenvalue weighted by atomic mass is 10.1. The molecule has 0 aliphatic carbocycles.